The van der Waals surface area contributed by atoms with Gasteiger partial charge in [0.1, 0.15) is 10.6 Å². The molecule has 1 aromatic carbocycles. The number of sulfonamides is 1. The standard InChI is InChI=1S/C14H21BrN2O3S/c1-2-20-13-4-3-12(15)9-14(13)21(18,19)17-10-11-5-7-16-8-6-11/h3-4,9,11,16-17H,2,5-8,10H2,1H3. The van der Waals surface area contributed by atoms with Crippen molar-refractivity contribution in [2.24, 2.45) is 5.92 Å². The van der Waals surface area contributed by atoms with Gasteiger partial charge in [-0.2, -0.15) is 0 Å². The van der Waals surface area contributed by atoms with E-state index in [1.807, 2.05) is 6.92 Å². The van der Waals surface area contributed by atoms with Gasteiger partial charge in [-0.3, -0.25) is 0 Å². The van der Waals surface area contributed by atoms with E-state index in [1.54, 1.807) is 18.2 Å². The van der Waals surface area contributed by atoms with Gasteiger partial charge in [0, 0.05) is 11.0 Å². The summed E-state index contributed by atoms with van der Waals surface area (Å²) in [5, 5.41) is 3.27. The predicted octanol–water partition coefficient (Wildman–Crippen LogP) is 2.13. The number of ether oxygens (including phenoxy) is 1. The van der Waals surface area contributed by atoms with Crippen molar-refractivity contribution >= 4 is 26.0 Å². The third-order valence-electron chi connectivity index (χ3n) is 3.52. The highest BCUT2D eigenvalue weighted by Crippen LogP contribution is 2.27. The summed E-state index contributed by atoms with van der Waals surface area (Å²) in [6.45, 7) is 4.64. The number of benzene rings is 1. The molecule has 0 unspecified atom stereocenters. The third kappa shape index (κ3) is 4.67. The van der Waals surface area contributed by atoms with Crippen LogP contribution in [0.15, 0.2) is 27.6 Å². The van der Waals surface area contributed by atoms with Crippen LogP contribution in [-0.4, -0.2) is 34.7 Å². The van der Waals surface area contributed by atoms with Gasteiger partial charge in [0.05, 0.1) is 6.61 Å². The molecule has 1 aliphatic rings. The fourth-order valence-corrected chi connectivity index (χ4v) is 4.15. The molecule has 21 heavy (non-hydrogen) atoms. The lowest BCUT2D eigenvalue weighted by Crippen LogP contribution is -2.36. The second-order valence-electron chi connectivity index (χ2n) is 5.07. The molecular formula is C14H21BrN2O3S. The van der Waals surface area contributed by atoms with Gasteiger partial charge < -0.3 is 10.1 Å². The highest BCUT2D eigenvalue weighted by Gasteiger charge is 2.22. The van der Waals surface area contributed by atoms with E-state index in [4.69, 9.17) is 4.74 Å². The van der Waals surface area contributed by atoms with Crippen LogP contribution in [0.25, 0.3) is 0 Å². The van der Waals surface area contributed by atoms with Crippen LogP contribution in [0.2, 0.25) is 0 Å². The average molecular weight is 377 g/mol. The first-order chi connectivity index (χ1) is 10.0. The maximum atomic E-state index is 12.5. The maximum absolute atomic E-state index is 12.5. The van der Waals surface area contributed by atoms with Crippen LogP contribution < -0.4 is 14.8 Å². The molecule has 0 bridgehead atoms. The summed E-state index contributed by atoms with van der Waals surface area (Å²) in [4.78, 5) is 0.188. The molecule has 0 atom stereocenters. The zero-order chi connectivity index (χ0) is 15.3. The molecule has 0 radical (unpaired) electrons. The predicted molar refractivity (Wildman–Crippen MR) is 86.1 cm³/mol. The van der Waals surface area contributed by atoms with Crippen molar-refractivity contribution in [2.45, 2.75) is 24.7 Å². The van der Waals surface area contributed by atoms with E-state index in [2.05, 4.69) is 26.0 Å². The van der Waals surface area contributed by atoms with Crippen LogP contribution in [0.5, 0.6) is 5.75 Å². The first-order valence-electron chi connectivity index (χ1n) is 7.15. The first kappa shape index (κ1) is 16.7. The van der Waals surface area contributed by atoms with Gasteiger partial charge in [-0.05, 0) is 57.0 Å². The van der Waals surface area contributed by atoms with E-state index in [1.165, 1.54) is 0 Å². The van der Waals surface area contributed by atoms with Crippen LogP contribution in [0, 0.1) is 5.92 Å². The molecule has 1 fully saturated rings. The molecular weight excluding hydrogens is 356 g/mol. The summed E-state index contributed by atoms with van der Waals surface area (Å²) in [7, 11) is -3.56. The minimum Gasteiger partial charge on any atom is -0.492 e. The Bertz CT molecular complexity index is 572. The molecule has 5 nitrogen and oxygen atoms in total. The zero-order valence-corrected chi connectivity index (χ0v) is 14.5. The van der Waals surface area contributed by atoms with Crippen molar-refractivity contribution in [1.82, 2.24) is 10.0 Å². The minimum atomic E-state index is -3.56. The Morgan fingerprint density at radius 3 is 2.76 bits per heavy atom. The number of hydrogen-bond acceptors (Lipinski definition) is 4. The Kier molecular flexibility index (Phi) is 6.04. The van der Waals surface area contributed by atoms with E-state index in [-0.39, 0.29) is 4.90 Å². The second kappa shape index (κ2) is 7.58. The molecule has 0 aromatic heterocycles. The number of nitrogens with one attached hydrogen (secondary N) is 2. The Hall–Kier alpha value is -0.630. The highest BCUT2D eigenvalue weighted by atomic mass is 79.9. The van der Waals surface area contributed by atoms with Gasteiger partial charge in [-0.25, -0.2) is 13.1 Å². The molecule has 0 saturated carbocycles. The van der Waals surface area contributed by atoms with Crippen molar-refractivity contribution in [1.29, 1.82) is 0 Å². The smallest absolute Gasteiger partial charge is 0.244 e. The Morgan fingerprint density at radius 1 is 1.38 bits per heavy atom. The van der Waals surface area contributed by atoms with Crippen LogP contribution in [-0.2, 0) is 10.0 Å². The van der Waals surface area contributed by atoms with Crippen molar-refractivity contribution in [3.8, 4) is 5.75 Å². The fraction of sp³-hybridized carbons (Fsp3) is 0.571. The van der Waals surface area contributed by atoms with E-state index < -0.39 is 10.0 Å². The summed E-state index contributed by atoms with van der Waals surface area (Å²) < 4.78 is 33.8. The van der Waals surface area contributed by atoms with Crippen LogP contribution in [0.4, 0.5) is 0 Å². The van der Waals surface area contributed by atoms with Gasteiger partial charge in [0.25, 0.3) is 0 Å². The van der Waals surface area contributed by atoms with Crippen molar-refractivity contribution in [2.75, 3.05) is 26.2 Å². The SMILES string of the molecule is CCOc1ccc(Br)cc1S(=O)(=O)NCC1CCNCC1. The van der Waals surface area contributed by atoms with Crippen LogP contribution in [0.1, 0.15) is 19.8 Å². The van der Waals surface area contributed by atoms with E-state index >= 15 is 0 Å². The average Bonchev–Trinajstić information content (AvgIpc) is 2.48. The Morgan fingerprint density at radius 2 is 2.10 bits per heavy atom. The molecule has 0 amide bonds. The third-order valence-corrected chi connectivity index (χ3v) is 5.45. The summed E-state index contributed by atoms with van der Waals surface area (Å²) in [5.74, 6) is 0.780. The van der Waals surface area contributed by atoms with E-state index in [9.17, 15) is 8.42 Å². The molecule has 7 heteroatoms. The van der Waals surface area contributed by atoms with Gasteiger partial charge in [-0.15, -0.1) is 0 Å². The second-order valence-corrected chi connectivity index (χ2v) is 7.72. The monoisotopic (exact) mass is 376 g/mol. The quantitative estimate of drug-likeness (QED) is 0.797. The van der Waals surface area contributed by atoms with Crippen molar-refractivity contribution < 1.29 is 13.2 Å². The molecule has 0 spiro atoms. The lowest BCUT2D eigenvalue weighted by atomic mass is 9.99. The van der Waals surface area contributed by atoms with E-state index in [0.717, 1.165) is 25.9 Å². The summed E-state index contributed by atoms with van der Waals surface area (Å²) in [5.41, 5.74) is 0. The molecule has 2 N–H and O–H groups in total. The molecule has 1 saturated heterocycles. The lowest BCUT2D eigenvalue weighted by Gasteiger charge is -2.23. The van der Waals surface area contributed by atoms with Gasteiger partial charge in [0.2, 0.25) is 10.0 Å². The van der Waals surface area contributed by atoms with Crippen LogP contribution in [0.3, 0.4) is 0 Å². The van der Waals surface area contributed by atoms with Gasteiger partial charge in [-0.1, -0.05) is 15.9 Å². The molecule has 118 valence electrons. The number of hydrogen-bond donors (Lipinski definition) is 2. The first-order valence-corrected chi connectivity index (χ1v) is 9.43. The van der Waals surface area contributed by atoms with E-state index in [0.29, 0.717) is 29.3 Å². The zero-order valence-electron chi connectivity index (χ0n) is 12.1. The largest absolute Gasteiger partial charge is 0.492 e. The molecule has 1 aliphatic heterocycles. The van der Waals surface area contributed by atoms with Crippen molar-refractivity contribution in [3.05, 3.63) is 22.7 Å². The number of piperidine rings is 1. The fourth-order valence-electron chi connectivity index (χ4n) is 2.36. The molecule has 1 aromatic rings. The van der Waals surface area contributed by atoms with Crippen LogP contribution >= 0.6 is 15.9 Å². The highest BCUT2D eigenvalue weighted by molar-refractivity contribution is 9.10. The maximum Gasteiger partial charge on any atom is 0.244 e. The molecule has 2 rings (SSSR count). The summed E-state index contributed by atoms with van der Waals surface area (Å²) in [6.07, 6.45) is 2.00. The van der Waals surface area contributed by atoms with Crippen molar-refractivity contribution in [3.63, 3.8) is 0 Å². The Labute approximate surface area is 134 Å². The normalized spacial score (nSPS) is 16.9. The van der Waals surface area contributed by atoms with Gasteiger partial charge in [0.15, 0.2) is 0 Å². The number of rotatable bonds is 6. The minimum absolute atomic E-state index is 0.188. The lowest BCUT2D eigenvalue weighted by molar-refractivity contribution is 0.330. The molecule has 0 aliphatic carbocycles. The summed E-state index contributed by atoms with van der Waals surface area (Å²) in [6, 6.07) is 5.03. The topological polar surface area (TPSA) is 67.4 Å². The summed E-state index contributed by atoms with van der Waals surface area (Å²) >= 11 is 3.31. The van der Waals surface area contributed by atoms with Gasteiger partial charge >= 0.3 is 0 Å². The molecule has 1 heterocycles. The number of halogens is 1. The Balaban J connectivity index is 2.12.